The van der Waals surface area contributed by atoms with Crippen LogP contribution in [-0.2, 0) is 26.2 Å². The molecule has 5 aliphatic rings. The molecule has 2 aliphatic heterocycles. The predicted molar refractivity (Wildman–Crippen MR) is 254 cm³/mol. The summed E-state index contributed by atoms with van der Waals surface area (Å²) in [5, 5.41) is 28.9. The third-order valence-corrected chi connectivity index (χ3v) is 14.6. The first kappa shape index (κ1) is 37.8. The average Bonchev–Trinajstić information content (AvgIpc) is 3.72. The van der Waals surface area contributed by atoms with Crippen LogP contribution in [0.3, 0.4) is 0 Å². The number of allylic oxidation sites excluding steroid dienone is 2. The number of nitrogens with one attached hydrogen (secondary N) is 3. The molecule has 0 saturated heterocycles. The molecule has 0 aromatic heterocycles. The van der Waals surface area contributed by atoms with Crippen LogP contribution in [0.2, 0.25) is 0 Å². The molecule has 8 aromatic carbocycles. The zero-order chi connectivity index (χ0) is 43.8. The van der Waals surface area contributed by atoms with Crippen molar-refractivity contribution in [2.45, 2.75) is 24.2 Å². The van der Waals surface area contributed by atoms with Gasteiger partial charge in [-0.1, -0.05) is 127 Å². The monoisotopic (exact) mass is 870 g/mol. The Labute approximate surface area is 373 Å². The van der Waals surface area contributed by atoms with Crippen molar-refractivity contribution in [2.24, 2.45) is 4.99 Å². The number of carbonyl (C=O) groups is 1. The summed E-state index contributed by atoms with van der Waals surface area (Å²) in [7, 11) is -4.05. The van der Waals surface area contributed by atoms with Gasteiger partial charge >= 0.3 is 0 Å². The number of anilines is 3. The minimum absolute atomic E-state index is 0.0857. The molecule has 0 radical (unpaired) electrons. The lowest BCUT2D eigenvalue weighted by Gasteiger charge is -2.41. The number of rotatable bonds is 7. The second-order valence-electron chi connectivity index (χ2n) is 17.3. The molecule has 3 aliphatic carbocycles. The molecule has 316 valence electrons. The Bertz CT molecular complexity index is 3720. The summed E-state index contributed by atoms with van der Waals surface area (Å²) in [4.78, 5) is 20.7. The fraction of sp³-hybridized carbons (Fsp3) is 0.111. The summed E-state index contributed by atoms with van der Waals surface area (Å²) in [5.41, 5.74) is 9.78. The molecule has 0 bridgehead atoms. The second-order valence-corrected chi connectivity index (χ2v) is 18.9. The van der Waals surface area contributed by atoms with Gasteiger partial charge in [-0.15, -0.1) is 0 Å². The van der Waals surface area contributed by atoms with Gasteiger partial charge < -0.3 is 25.8 Å². The number of nitrogens with zero attached hydrogens (tertiary/aromatic N) is 1. The number of unbranched alkanes of at least 4 members (excludes halogenated alkanes) is 1. The van der Waals surface area contributed by atoms with Gasteiger partial charge in [0.1, 0.15) is 11.5 Å². The Balaban J connectivity index is 0.987. The Kier molecular flexibility index (Phi) is 7.79. The predicted octanol–water partition coefficient (Wildman–Crippen LogP) is 9.39. The van der Waals surface area contributed by atoms with E-state index in [4.69, 9.17) is 9.73 Å². The summed E-state index contributed by atoms with van der Waals surface area (Å²) in [6, 6.07) is 50.7. The normalized spacial score (nSPS) is 18.6. The maximum absolute atomic E-state index is 15.0. The molecule has 10 nitrogen and oxygen atoms in total. The highest BCUT2D eigenvalue weighted by atomic mass is 32.2. The number of aliphatic hydroxyl groups is 1. The van der Waals surface area contributed by atoms with Gasteiger partial charge in [0, 0.05) is 55.2 Å². The van der Waals surface area contributed by atoms with E-state index in [0.29, 0.717) is 28.3 Å². The summed E-state index contributed by atoms with van der Waals surface area (Å²) in [6.07, 6.45) is 0.702. The van der Waals surface area contributed by atoms with Crippen molar-refractivity contribution in [3.05, 3.63) is 196 Å². The second kappa shape index (κ2) is 13.4. The van der Waals surface area contributed by atoms with Gasteiger partial charge in [0.05, 0.1) is 34.6 Å². The largest absolute Gasteiger partial charge is 0.506 e. The van der Waals surface area contributed by atoms with Gasteiger partial charge in [0.15, 0.2) is 11.3 Å². The fourth-order valence-electron chi connectivity index (χ4n) is 11.0. The number of hydrogen-bond donors (Lipinski definition) is 5. The van der Waals surface area contributed by atoms with Crippen molar-refractivity contribution in [3.63, 3.8) is 0 Å². The molecule has 13 rings (SSSR count). The number of carbonyl (C=O) groups excluding carboxylic acids is 1. The SMILES string of the molecule is O=C1C(c2ccc3cccc4c3c2NC2(N4)c3ccccc3-c3ccccc32)=C(O)/C1=c1\ccc2cccc3c2c1=NC1(N3)c2ccccc2-c2ccc(OCCCCS(=O)(=O)O)cc21. The van der Waals surface area contributed by atoms with E-state index in [9.17, 15) is 18.1 Å². The first-order valence-corrected chi connectivity index (χ1v) is 23.3. The number of Topliss-reactive ketones (excluding diaryl/α,β-unsaturated/α-hetero) is 1. The van der Waals surface area contributed by atoms with Crippen LogP contribution in [0.15, 0.2) is 162 Å². The van der Waals surface area contributed by atoms with Crippen LogP contribution < -0.4 is 31.3 Å². The van der Waals surface area contributed by atoms with Crippen molar-refractivity contribution in [3.8, 4) is 28.0 Å². The van der Waals surface area contributed by atoms with Gasteiger partial charge in [0.2, 0.25) is 5.78 Å². The highest BCUT2D eigenvalue weighted by molar-refractivity contribution is 7.85. The number of hydrogen-bond acceptors (Lipinski definition) is 9. The van der Waals surface area contributed by atoms with Crippen molar-refractivity contribution >= 4 is 65.7 Å². The van der Waals surface area contributed by atoms with Crippen molar-refractivity contribution in [1.29, 1.82) is 0 Å². The minimum atomic E-state index is -4.05. The summed E-state index contributed by atoms with van der Waals surface area (Å²) in [5.74, 6) is -0.0994. The summed E-state index contributed by atoms with van der Waals surface area (Å²) >= 11 is 0. The van der Waals surface area contributed by atoms with Crippen LogP contribution in [0.1, 0.15) is 40.7 Å². The number of ketones is 1. The molecule has 65 heavy (non-hydrogen) atoms. The quantitative estimate of drug-likeness (QED) is 0.0780. The number of fused-ring (bicyclic) bond motifs is 10. The van der Waals surface area contributed by atoms with Gasteiger partial charge in [-0.05, 0) is 70.1 Å². The zero-order valence-corrected chi connectivity index (χ0v) is 35.5. The molecule has 11 heteroatoms. The van der Waals surface area contributed by atoms with E-state index in [1.165, 1.54) is 0 Å². The summed E-state index contributed by atoms with van der Waals surface area (Å²) < 4.78 is 37.9. The smallest absolute Gasteiger partial charge is 0.264 e. The number of benzene rings is 8. The van der Waals surface area contributed by atoms with Crippen molar-refractivity contribution < 1.29 is 27.6 Å². The van der Waals surface area contributed by atoms with E-state index in [0.717, 1.165) is 83.1 Å². The van der Waals surface area contributed by atoms with Crippen molar-refractivity contribution in [1.82, 2.24) is 0 Å². The van der Waals surface area contributed by atoms with E-state index in [-0.39, 0.29) is 41.5 Å². The Morgan fingerprint density at radius 1 is 0.585 bits per heavy atom. The third-order valence-electron chi connectivity index (χ3n) is 13.8. The summed E-state index contributed by atoms with van der Waals surface area (Å²) in [6.45, 7) is 0.257. The first-order chi connectivity index (χ1) is 31.6. The van der Waals surface area contributed by atoms with Gasteiger partial charge in [-0.25, -0.2) is 4.99 Å². The molecular weight excluding hydrogens is 833 g/mol. The van der Waals surface area contributed by atoms with Crippen LogP contribution in [0.5, 0.6) is 5.75 Å². The lowest BCUT2D eigenvalue weighted by atomic mass is 9.79. The van der Waals surface area contributed by atoms with Crippen LogP contribution in [0.4, 0.5) is 17.1 Å². The van der Waals surface area contributed by atoms with Gasteiger partial charge in [-0.3, -0.25) is 9.35 Å². The lowest BCUT2D eigenvalue weighted by Crippen LogP contribution is -2.45. The highest BCUT2D eigenvalue weighted by Crippen LogP contribution is 2.56. The van der Waals surface area contributed by atoms with Gasteiger partial charge in [0.25, 0.3) is 10.1 Å². The van der Waals surface area contributed by atoms with E-state index >= 15 is 4.79 Å². The minimum Gasteiger partial charge on any atom is -0.506 e. The standard InChI is InChI=1S/C54H38N4O6S/c59-51-47(37-24-21-30-11-9-19-43-45(30)49(37)57-53(55-43)39-16-4-1-13-33(39)34-14-2-5-17-40(34)53)52(60)48(51)38-25-22-31-12-10-20-44-46(31)50(38)58-54(56-44)41-18-6-3-15-35(41)36-26-23-32(29-42(36)54)64-27-7-8-28-65(61,62)63/h1-6,9-26,29,55-57,59H,7-8,27-28H2,(H,61,62,63)/b48-38-. The third kappa shape index (κ3) is 5.27. The number of ether oxygens (including phenoxy) is 1. The molecule has 8 aromatic rings. The molecule has 0 fully saturated rings. The van der Waals surface area contributed by atoms with E-state index in [1.807, 2.05) is 91.0 Å². The lowest BCUT2D eigenvalue weighted by molar-refractivity contribution is -0.109. The molecule has 5 N–H and O–H groups in total. The molecule has 0 amide bonds. The first-order valence-electron chi connectivity index (χ1n) is 21.7. The van der Waals surface area contributed by atoms with E-state index < -0.39 is 21.4 Å². The van der Waals surface area contributed by atoms with Crippen LogP contribution in [-0.4, -0.2) is 36.2 Å². The van der Waals surface area contributed by atoms with Gasteiger partial charge in [-0.2, -0.15) is 8.42 Å². The Morgan fingerprint density at radius 2 is 1.20 bits per heavy atom. The van der Waals surface area contributed by atoms with Crippen LogP contribution in [0, 0.1) is 0 Å². The zero-order valence-electron chi connectivity index (χ0n) is 34.6. The van der Waals surface area contributed by atoms with Crippen molar-refractivity contribution in [2.75, 3.05) is 28.3 Å². The average molecular weight is 871 g/mol. The van der Waals surface area contributed by atoms with Crippen LogP contribution >= 0.6 is 0 Å². The Morgan fingerprint density at radius 3 is 1.91 bits per heavy atom. The van der Waals surface area contributed by atoms with Crippen LogP contribution in [0.25, 0.3) is 54.9 Å². The molecular formula is C54H38N4O6S. The Hall–Kier alpha value is -7.73. The topological polar surface area (TPSA) is 149 Å². The maximum Gasteiger partial charge on any atom is 0.264 e. The number of aliphatic hydroxyl groups excluding tert-OH is 1. The fourth-order valence-corrected chi connectivity index (χ4v) is 11.5. The maximum atomic E-state index is 15.0. The molecule has 0 saturated carbocycles. The van der Waals surface area contributed by atoms with E-state index in [2.05, 4.69) is 76.6 Å². The molecule has 1 unspecified atom stereocenters. The van der Waals surface area contributed by atoms with E-state index in [1.54, 1.807) is 0 Å². The highest BCUT2D eigenvalue weighted by Gasteiger charge is 2.49. The molecule has 1 atom stereocenters. The molecule has 2 spiro atoms. The molecule has 2 heterocycles.